The Labute approximate surface area is 207 Å². The Bertz CT molecular complexity index is 1260. The van der Waals surface area contributed by atoms with Crippen molar-refractivity contribution in [1.29, 1.82) is 0 Å². The molecule has 1 aliphatic heterocycles. The van der Waals surface area contributed by atoms with Crippen LogP contribution >= 0.6 is 11.3 Å². The fourth-order valence-electron chi connectivity index (χ4n) is 4.37. The highest BCUT2D eigenvalue weighted by molar-refractivity contribution is 7.09. The number of thiazole rings is 1. The van der Waals surface area contributed by atoms with Crippen molar-refractivity contribution in [3.63, 3.8) is 0 Å². The van der Waals surface area contributed by atoms with E-state index in [4.69, 9.17) is 0 Å². The van der Waals surface area contributed by atoms with Gasteiger partial charge in [-0.05, 0) is 52.9 Å². The van der Waals surface area contributed by atoms with Gasteiger partial charge < -0.3 is 4.90 Å². The fraction of sp³-hybridized carbons (Fsp3) is 0.214. The Morgan fingerprint density at radius 1 is 0.857 bits per heavy atom. The summed E-state index contributed by atoms with van der Waals surface area (Å²) in [5, 5.41) is 2.65. The predicted molar refractivity (Wildman–Crippen MR) is 133 cm³/mol. The zero-order valence-electron chi connectivity index (χ0n) is 19.2. The van der Waals surface area contributed by atoms with E-state index < -0.39 is 0 Å². The maximum absolute atomic E-state index is 13.4. The molecule has 1 aromatic heterocycles. The maximum atomic E-state index is 13.4. The summed E-state index contributed by atoms with van der Waals surface area (Å²) >= 11 is 1.46. The van der Waals surface area contributed by atoms with Gasteiger partial charge in [-0.2, -0.15) is 0 Å². The average molecular weight is 490 g/mol. The number of carbonyl (C=O) groups is 1. The summed E-state index contributed by atoms with van der Waals surface area (Å²) in [6.07, 6.45) is 0.849. The molecule has 35 heavy (non-hydrogen) atoms. The first-order valence-corrected chi connectivity index (χ1v) is 12.4. The summed E-state index contributed by atoms with van der Waals surface area (Å²) in [7, 11) is 0. The number of hydrogen-bond acceptors (Lipinski definition) is 4. The van der Waals surface area contributed by atoms with E-state index >= 15 is 0 Å². The van der Waals surface area contributed by atoms with Crippen molar-refractivity contribution in [2.45, 2.75) is 32.6 Å². The van der Waals surface area contributed by atoms with Crippen LogP contribution in [0.3, 0.4) is 0 Å². The van der Waals surface area contributed by atoms with Crippen LogP contribution < -0.4 is 0 Å². The second kappa shape index (κ2) is 10.5. The molecule has 1 amide bonds. The summed E-state index contributed by atoms with van der Waals surface area (Å²) in [5.41, 5.74) is 4.88. The number of halogens is 2. The molecule has 3 aromatic carbocycles. The van der Waals surface area contributed by atoms with Crippen LogP contribution in [0.1, 0.15) is 37.7 Å². The molecule has 7 heteroatoms. The topological polar surface area (TPSA) is 36.4 Å². The van der Waals surface area contributed by atoms with E-state index in [0.29, 0.717) is 38.4 Å². The first-order chi connectivity index (χ1) is 17.0. The molecule has 4 aromatic rings. The van der Waals surface area contributed by atoms with Crippen molar-refractivity contribution < 1.29 is 13.6 Å². The Kier molecular flexibility index (Phi) is 6.97. The van der Waals surface area contributed by atoms with Crippen LogP contribution in [0.15, 0.2) is 78.2 Å². The quantitative estimate of drug-likeness (QED) is 0.328. The molecule has 0 radical (unpaired) electrons. The van der Waals surface area contributed by atoms with E-state index in [2.05, 4.69) is 22.0 Å². The molecule has 0 saturated carbocycles. The minimum Gasteiger partial charge on any atom is -0.333 e. The van der Waals surface area contributed by atoms with Crippen LogP contribution in [-0.2, 0) is 32.6 Å². The maximum Gasteiger partial charge on any atom is 0.273 e. The van der Waals surface area contributed by atoms with Gasteiger partial charge in [0.15, 0.2) is 0 Å². The summed E-state index contributed by atoms with van der Waals surface area (Å²) in [6.45, 7) is 2.95. The minimum atomic E-state index is -0.276. The molecule has 0 spiro atoms. The van der Waals surface area contributed by atoms with Gasteiger partial charge in [0.2, 0.25) is 0 Å². The second-order valence-corrected chi connectivity index (χ2v) is 9.71. The fourth-order valence-corrected chi connectivity index (χ4v) is 5.18. The highest BCUT2D eigenvalue weighted by atomic mass is 32.1. The number of rotatable bonds is 7. The van der Waals surface area contributed by atoms with Crippen LogP contribution in [0.2, 0.25) is 0 Å². The van der Waals surface area contributed by atoms with Crippen molar-refractivity contribution in [2.24, 2.45) is 0 Å². The number of nitrogens with zero attached hydrogens (tertiary/aromatic N) is 3. The summed E-state index contributed by atoms with van der Waals surface area (Å²) in [5.74, 6) is -0.602. The van der Waals surface area contributed by atoms with E-state index in [1.165, 1.54) is 46.7 Å². The van der Waals surface area contributed by atoms with E-state index in [1.54, 1.807) is 24.3 Å². The Morgan fingerprint density at radius 3 is 2.09 bits per heavy atom. The van der Waals surface area contributed by atoms with Crippen molar-refractivity contribution in [1.82, 2.24) is 14.8 Å². The van der Waals surface area contributed by atoms with Gasteiger partial charge in [-0.3, -0.25) is 9.69 Å². The molecule has 0 unspecified atom stereocenters. The number of fused-ring (bicyclic) bond motifs is 1. The Morgan fingerprint density at radius 2 is 1.46 bits per heavy atom. The van der Waals surface area contributed by atoms with Crippen LogP contribution in [0, 0.1) is 11.6 Å². The molecule has 0 fully saturated rings. The summed E-state index contributed by atoms with van der Waals surface area (Å²) in [4.78, 5) is 21.8. The third-order valence-corrected chi connectivity index (χ3v) is 7.02. The van der Waals surface area contributed by atoms with Gasteiger partial charge in [0.1, 0.15) is 22.3 Å². The zero-order chi connectivity index (χ0) is 24.2. The predicted octanol–water partition coefficient (Wildman–Crippen LogP) is 5.82. The third kappa shape index (κ3) is 5.81. The van der Waals surface area contributed by atoms with Gasteiger partial charge in [0.25, 0.3) is 5.91 Å². The van der Waals surface area contributed by atoms with Gasteiger partial charge in [0, 0.05) is 31.6 Å². The molecule has 5 rings (SSSR count). The molecule has 178 valence electrons. The first kappa shape index (κ1) is 23.3. The highest BCUT2D eigenvalue weighted by Gasteiger charge is 2.23. The van der Waals surface area contributed by atoms with E-state index in [1.807, 2.05) is 22.4 Å². The van der Waals surface area contributed by atoms with E-state index in [-0.39, 0.29) is 17.5 Å². The first-order valence-electron chi connectivity index (χ1n) is 11.6. The molecule has 0 N–H and O–H groups in total. The lowest BCUT2D eigenvalue weighted by Crippen LogP contribution is -2.36. The summed E-state index contributed by atoms with van der Waals surface area (Å²) < 4.78 is 26.8. The van der Waals surface area contributed by atoms with Gasteiger partial charge in [-0.1, -0.05) is 48.5 Å². The molecule has 2 heterocycles. The van der Waals surface area contributed by atoms with Gasteiger partial charge in [-0.25, -0.2) is 13.8 Å². The van der Waals surface area contributed by atoms with Crippen molar-refractivity contribution in [3.8, 4) is 0 Å². The number of aromatic nitrogens is 1. The lowest BCUT2D eigenvalue weighted by atomic mass is 10.00. The van der Waals surface area contributed by atoms with E-state index in [0.717, 1.165) is 22.6 Å². The molecule has 4 nitrogen and oxygen atoms in total. The molecule has 0 bridgehead atoms. The van der Waals surface area contributed by atoms with Crippen LogP contribution in [0.4, 0.5) is 8.78 Å². The van der Waals surface area contributed by atoms with Crippen molar-refractivity contribution in [3.05, 3.63) is 123 Å². The Balaban J connectivity index is 1.30. The monoisotopic (exact) mass is 489 g/mol. The number of hydrogen-bond donors (Lipinski definition) is 0. The Hall–Kier alpha value is -3.42. The standard InChI is InChI=1S/C28H25F2N3OS/c29-24-9-5-20(6-10-24)15-32(16-21-7-11-25(30)12-8-21)18-27-31-26(19-35-27)28(34)33-14-13-22-3-1-2-4-23(22)17-33/h1-12,19H,13-18H2. The minimum absolute atomic E-state index is 0.0503. The molecule has 0 atom stereocenters. The second-order valence-electron chi connectivity index (χ2n) is 8.77. The smallest absolute Gasteiger partial charge is 0.273 e. The number of benzene rings is 3. The highest BCUT2D eigenvalue weighted by Crippen LogP contribution is 2.22. The number of carbonyl (C=O) groups excluding carboxylic acids is 1. The molecule has 1 aliphatic rings. The largest absolute Gasteiger partial charge is 0.333 e. The summed E-state index contributed by atoms with van der Waals surface area (Å²) in [6, 6.07) is 21.1. The lowest BCUT2D eigenvalue weighted by Gasteiger charge is -2.28. The van der Waals surface area contributed by atoms with Crippen LogP contribution in [0.25, 0.3) is 0 Å². The lowest BCUT2D eigenvalue weighted by molar-refractivity contribution is 0.0729. The third-order valence-electron chi connectivity index (χ3n) is 6.19. The van der Waals surface area contributed by atoms with Crippen molar-refractivity contribution >= 4 is 17.2 Å². The van der Waals surface area contributed by atoms with Crippen LogP contribution in [-0.4, -0.2) is 27.2 Å². The van der Waals surface area contributed by atoms with Gasteiger partial charge >= 0.3 is 0 Å². The SMILES string of the molecule is O=C(c1csc(CN(Cc2ccc(F)cc2)Cc2ccc(F)cc2)n1)N1CCc2ccccc2C1. The van der Waals surface area contributed by atoms with Gasteiger partial charge in [0.05, 0.1) is 6.54 Å². The molecular weight excluding hydrogens is 464 g/mol. The van der Waals surface area contributed by atoms with Crippen LogP contribution in [0.5, 0.6) is 0 Å². The van der Waals surface area contributed by atoms with Crippen molar-refractivity contribution in [2.75, 3.05) is 6.54 Å². The normalized spacial score (nSPS) is 13.2. The molecule has 0 aliphatic carbocycles. The number of amides is 1. The van der Waals surface area contributed by atoms with E-state index in [9.17, 15) is 13.6 Å². The van der Waals surface area contributed by atoms with Gasteiger partial charge in [-0.15, -0.1) is 11.3 Å². The average Bonchev–Trinajstić information content (AvgIpc) is 3.34. The molecule has 0 saturated heterocycles. The molecular formula is C28H25F2N3OS. The zero-order valence-corrected chi connectivity index (χ0v) is 20.0.